The van der Waals surface area contributed by atoms with Crippen LogP contribution in [-0.2, 0) is 14.3 Å². The summed E-state index contributed by atoms with van der Waals surface area (Å²) in [6, 6.07) is 1.04. The molecular weight excluding hydrogens is 254 g/mol. The van der Waals surface area contributed by atoms with Crippen LogP contribution in [0.2, 0.25) is 0 Å². The maximum atomic E-state index is 11.5. The lowest BCUT2D eigenvalue weighted by Gasteiger charge is -2.46. The van der Waals surface area contributed by atoms with Crippen LogP contribution >= 0.6 is 0 Å². The van der Waals surface area contributed by atoms with Crippen molar-refractivity contribution < 1.29 is 14.3 Å². The van der Waals surface area contributed by atoms with E-state index in [9.17, 15) is 4.79 Å². The lowest BCUT2D eigenvalue weighted by molar-refractivity contribution is -0.123. The van der Waals surface area contributed by atoms with Gasteiger partial charge in [-0.3, -0.25) is 9.69 Å². The highest BCUT2D eigenvalue weighted by molar-refractivity contribution is 5.76. The van der Waals surface area contributed by atoms with Gasteiger partial charge < -0.3 is 9.47 Å². The molecule has 3 rings (SSSR count). The number of nitrogens with zero attached hydrogens (tertiary/aromatic N) is 1. The maximum absolute atomic E-state index is 11.5. The van der Waals surface area contributed by atoms with Crippen LogP contribution in [0, 0.1) is 0 Å². The Hall–Kier alpha value is -0.450. The van der Waals surface area contributed by atoms with Gasteiger partial charge in [0.25, 0.3) is 0 Å². The summed E-state index contributed by atoms with van der Waals surface area (Å²) in [4.78, 5) is 14.1. The summed E-state index contributed by atoms with van der Waals surface area (Å²) in [5.74, 6) is 0.327. The summed E-state index contributed by atoms with van der Waals surface area (Å²) < 4.78 is 11.6. The topological polar surface area (TPSA) is 38.8 Å². The average molecular weight is 281 g/mol. The number of ketones is 1. The number of carbonyl (C=O) groups is 1. The molecule has 3 atom stereocenters. The smallest absolute Gasteiger partial charge is 0.131 e. The zero-order valence-corrected chi connectivity index (χ0v) is 12.6. The van der Waals surface area contributed by atoms with Crippen molar-refractivity contribution in [3.05, 3.63) is 0 Å². The third-order valence-corrected chi connectivity index (χ3v) is 5.20. The molecule has 3 fully saturated rings. The van der Waals surface area contributed by atoms with Crippen LogP contribution in [0.1, 0.15) is 51.9 Å². The third kappa shape index (κ3) is 3.07. The molecule has 3 saturated heterocycles. The summed E-state index contributed by atoms with van der Waals surface area (Å²) in [6.07, 6.45) is 7.68. The lowest BCUT2D eigenvalue weighted by Crippen LogP contribution is -2.54. The van der Waals surface area contributed by atoms with E-state index in [4.69, 9.17) is 9.47 Å². The van der Waals surface area contributed by atoms with Crippen LogP contribution < -0.4 is 0 Å². The molecule has 4 nitrogen and oxygen atoms in total. The first-order chi connectivity index (χ1) is 9.69. The zero-order valence-electron chi connectivity index (χ0n) is 12.6. The fourth-order valence-corrected chi connectivity index (χ4v) is 4.20. The lowest BCUT2D eigenvalue weighted by atomic mass is 9.86. The Bertz CT molecular complexity index is 352. The van der Waals surface area contributed by atoms with Gasteiger partial charge in [-0.15, -0.1) is 0 Å². The number of ether oxygens (including phenoxy) is 2. The van der Waals surface area contributed by atoms with Crippen LogP contribution in [0.3, 0.4) is 0 Å². The Kier molecular flexibility index (Phi) is 4.43. The normalized spacial score (nSPS) is 39.2. The van der Waals surface area contributed by atoms with E-state index in [2.05, 4.69) is 4.90 Å². The number of hydrogen-bond donors (Lipinski definition) is 0. The van der Waals surface area contributed by atoms with E-state index in [1.807, 2.05) is 0 Å². The van der Waals surface area contributed by atoms with E-state index in [0.717, 1.165) is 52.0 Å². The van der Waals surface area contributed by atoms with Gasteiger partial charge in [0, 0.05) is 38.1 Å². The summed E-state index contributed by atoms with van der Waals surface area (Å²) in [6.45, 7) is 5.32. The largest absolute Gasteiger partial charge is 0.378 e. The minimum absolute atomic E-state index is 0.0266. The maximum Gasteiger partial charge on any atom is 0.131 e. The Balaban J connectivity index is 1.67. The molecule has 3 heterocycles. The fraction of sp³-hybridized carbons (Fsp3) is 0.938. The number of piperidine rings is 1. The predicted octanol–water partition coefficient (Wildman–Crippen LogP) is 2.16. The van der Waals surface area contributed by atoms with E-state index in [1.165, 1.54) is 19.3 Å². The molecule has 0 saturated carbocycles. The SMILES string of the molecule is CC(=O)CC1CCCCN1C1CCOC2(CCOC2)C1. The first-order valence-electron chi connectivity index (χ1n) is 8.15. The molecule has 0 radical (unpaired) electrons. The van der Waals surface area contributed by atoms with Gasteiger partial charge in [0.2, 0.25) is 0 Å². The molecule has 1 spiro atoms. The standard InChI is InChI=1S/C16H27NO3/c1-13(18)10-14-4-2-3-7-17(14)15-5-8-20-16(11-15)6-9-19-12-16/h14-15H,2-12H2,1H3. The van der Waals surface area contributed by atoms with E-state index < -0.39 is 0 Å². The molecule has 0 bridgehead atoms. The van der Waals surface area contributed by atoms with Gasteiger partial charge in [-0.25, -0.2) is 0 Å². The summed E-state index contributed by atoms with van der Waals surface area (Å²) >= 11 is 0. The van der Waals surface area contributed by atoms with E-state index in [-0.39, 0.29) is 5.60 Å². The molecule has 114 valence electrons. The first-order valence-corrected chi connectivity index (χ1v) is 8.15. The van der Waals surface area contributed by atoms with Crippen LogP contribution in [0.15, 0.2) is 0 Å². The average Bonchev–Trinajstić information content (AvgIpc) is 2.87. The number of hydrogen-bond acceptors (Lipinski definition) is 4. The monoisotopic (exact) mass is 281 g/mol. The Morgan fingerprint density at radius 3 is 2.95 bits per heavy atom. The summed E-state index contributed by atoms with van der Waals surface area (Å²) in [5, 5.41) is 0. The second-order valence-corrected chi connectivity index (χ2v) is 6.77. The highest BCUT2D eigenvalue weighted by Gasteiger charge is 2.43. The molecule has 3 unspecified atom stereocenters. The number of likely N-dealkylation sites (tertiary alicyclic amines) is 1. The molecule has 3 aliphatic heterocycles. The molecule has 4 heteroatoms. The molecule has 0 aromatic heterocycles. The quantitative estimate of drug-likeness (QED) is 0.794. The first kappa shape index (κ1) is 14.5. The van der Waals surface area contributed by atoms with Gasteiger partial charge in [-0.05, 0) is 39.2 Å². The molecule has 3 aliphatic rings. The van der Waals surface area contributed by atoms with Gasteiger partial charge in [0.15, 0.2) is 0 Å². The summed E-state index contributed by atoms with van der Waals surface area (Å²) in [5.41, 5.74) is -0.0266. The Morgan fingerprint density at radius 2 is 2.20 bits per heavy atom. The molecule has 0 aromatic carbocycles. The minimum atomic E-state index is -0.0266. The van der Waals surface area contributed by atoms with Gasteiger partial charge >= 0.3 is 0 Å². The Labute approximate surface area is 121 Å². The van der Waals surface area contributed by atoms with Gasteiger partial charge in [-0.2, -0.15) is 0 Å². The van der Waals surface area contributed by atoms with Crippen molar-refractivity contribution in [3.8, 4) is 0 Å². The number of Topliss-reactive ketones (excluding diaryl/α,β-unsaturated/α-hetero) is 1. The molecule has 20 heavy (non-hydrogen) atoms. The zero-order chi connectivity index (χ0) is 14.0. The fourth-order valence-electron chi connectivity index (χ4n) is 4.20. The van der Waals surface area contributed by atoms with Crippen LogP contribution in [0.4, 0.5) is 0 Å². The van der Waals surface area contributed by atoms with Crippen molar-refractivity contribution in [1.82, 2.24) is 4.90 Å². The van der Waals surface area contributed by atoms with Crippen LogP contribution in [0.5, 0.6) is 0 Å². The number of carbonyl (C=O) groups excluding carboxylic acids is 1. The van der Waals surface area contributed by atoms with E-state index in [1.54, 1.807) is 6.92 Å². The van der Waals surface area contributed by atoms with Crippen molar-refractivity contribution >= 4 is 5.78 Å². The Morgan fingerprint density at radius 1 is 1.30 bits per heavy atom. The van der Waals surface area contributed by atoms with Crippen molar-refractivity contribution in [1.29, 1.82) is 0 Å². The second-order valence-electron chi connectivity index (χ2n) is 6.77. The third-order valence-electron chi connectivity index (χ3n) is 5.20. The highest BCUT2D eigenvalue weighted by Crippen LogP contribution is 2.37. The highest BCUT2D eigenvalue weighted by atomic mass is 16.6. The van der Waals surface area contributed by atoms with Gasteiger partial charge in [-0.1, -0.05) is 6.42 Å². The van der Waals surface area contributed by atoms with Crippen molar-refractivity contribution in [2.24, 2.45) is 0 Å². The predicted molar refractivity (Wildman–Crippen MR) is 76.8 cm³/mol. The molecule has 0 aromatic rings. The summed E-state index contributed by atoms with van der Waals surface area (Å²) in [7, 11) is 0. The minimum Gasteiger partial charge on any atom is -0.378 e. The number of rotatable bonds is 3. The van der Waals surface area contributed by atoms with Crippen LogP contribution in [0.25, 0.3) is 0 Å². The van der Waals surface area contributed by atoms with Crippen molar-refractivity contribution in [2.45, 2.75) is 69.6 Å². The molecule has 0 amide bonds. The molecular formula is C16H27NO3. The van der Waals surface area contributed by atoms with Gasteiger partial charge in [0.05, 0.1) is 12.2 Å². The molecule has 0 aliphatic carbocycles. The van der Waals surface area contributed by atoms with Crippen molar-refractivity contribution in [2.75, 3.05) is 26.4 Å². The van der Waals surface area contributed by atoms with E-state index in [0.29, 0.717) is 17.9 Å². The van der Waals surface area contributed by atoms with Gasteiger partial charge in [0.1, 0.15) is 5.78 Å². The molecule has 0 N–H and O–H groups in total. The van der Waals surface area contributed by atoms with E-state index >= 15 is 0 Å². The van der Waals surface area contributed by atoms with Crippen molar-refractivity contribution in [3.63, 3.8) is 0 Å². The second kappa shape index (κ2) is 6.12. The van der Waals surface area contributed by atoms with Crippen LogP contribution in [-0.4, -0.2) is 54.7 Å².